The summed E-state index contributed by atoms with van der Waals surface area (Å²) in [5.74, 6) is -0.708. The molecule has 0 N–H and O–H groups in total. The first-order valence-electron chi connectivity index (χ1n) is 9.57. The molecule has 1 radical (unpaired) electrons. The van der Waals surface area contributed by atoms with E-state index in [0.29, 0.717) is 17.8 Å². The minimum absolute atomic E-state index is 0.160. The lowest BCUT2D eigenvalue weighted by Crippen LogP contribution is -2.39. The van der Waals surface area contributed by atoms with Crippen molar-refractivity contribution in [2.24, 2.45) is 21.6 Å². The quantitative estimate of drug-likeness (QED) is 0.650. The normalized spacial score (nSPS) is 33.4. The summed E-state index contributed by atoms with van der Waals surface area (Å²) in [6, 6.07) is 5.18. The van der Waals surface area contributed by atoms with E-state index in [2.05, 4.69) is 23.4 Å². The lowest BCUT2D eigenvalue weighted by molar-refractivity contribution is -0.169. The highest BCUT2D eigenvalue weighted by molar-refractivity contribution is 7.93. The number of alkyl halides is 3. The van der Waals surface area contributed by atoms with Crippen molar-refractivity contribution >= 4 is 15.6 Å². The third-order valence-electron chi connectivity index (χ3n) is 6.83. The van der Waals surface area contributed by atoms with Crippen LogP contribution in [0.1, 0.15) is 49.7 Å². The molecule has 1 saturated carbocycles. The number of aryl methyl sites for hydroxylation is 1. The monoisotopic (exact) mass is 410 g/mol. The second-order valence-electron chi connectivity index (χ2n) is 8.51. The predicted octanol–water partition coefficient (Wildman–Crippen LogP) is 5.06. The van der Waals surface area contributed by atoms with Crippen LogP contribution in [0.5, 0.6) is 0 Å². The maximum Gasteiger partial charge on any atom is 0.474 e. The summed E-state index contributed by atoms with van der Waals surface area (Å²) in [5.41, 5.74) is 2.40. The molecule has 5 atom stereocenters. The van der Waals surface area contributed by atoms with Gasteiger partial charge in [-0.2, -0.15) is 13.2 Å². The van der Waals surface area contributed by atoms with Gasteiger partial charge in [0.05, 0.1) is 9.73 Å². The second-order valence-corrected chi connectivity index (χ2v) is 10.8. The highest BCUT2D eigenvalue weighted by Crippen LogP contribution is 2.58. The van der Waals surface area contributed by atoms with Crippen molar-refractivity contribution in [3.8, 4) is 0 Å². The van der Waals surface area contributed by atoms with Crippen LogP contribution in [0, 0.1) is 23.3 Å². The Balaban J connectivity index is 1.66. The number of halogens is 3. The number of benzene rings is 1. The van der Waals surface area contributed by atoms with Crippen LogP contribution in [-0.4, -0.2) is 22.5 Å². The van der Waals surface area contributed by atoms with Gasteiger partial charge in [0, 0.05) is 11.2 Å². The van der Waals surface area contributed by atoms with Crippen LogP contribution in [0.2, 0.25) is 0 Å². The van der Waals surface area contributed by atoms with Crippen LogP contribution in [-0.2, 0) is 20.9 Å². The molecule has 1 unspecified atom stereocenters. The van der Waals surface area contributed by atoms with E-state index >= 15 is 0 Å². The zero-order chi connectivity index (χ0) is 20.3. The summed E-state index contributed by atoms with van der Waals surface area (Å²) in [5, 5.41) is 0. The maximum absolute atomic E-state index is 12.7. The fourth-order valence-electron chi connectivity index (χ4n) is 5.41. The number of hydrogen-bond acceptors (Lipinski definition) is 2. The number of carbonyl (C=O) groups is 1. The molecule has 4 rings (SSSR count). The number of nitrogens with zero attached hydrogens (tertiary/aromatic N) is 1. The number of hydrogen-bond donors (Lipinski definition) is 0. The smallest absolute Gasteiger partial charge is 0.261 e. The van der Waals surface area contributed by atoms with Gasteiger partial charge in [-0.3, -0.25) is 4.79 Å². The molecule has 0 heterocycles. The Bertz CT molecular complexity index is 974. The summed E-state index contributed by atoms with van der Waals surface area (Å²) in [6.07, 6.45) is 6.73. The Kier molecular flexibility index (Phi) is 4.53. The molecule has 1 aromatic carbocycles. The highest BCUT2D eigenvalue weighted by atomic mass is 32.2. The third-order valence-corrected chi connectivity index (χ3v) is 8.47. The molecule has 0 aliphatic heterocycles. The van der Waals surface area contributed by atoms with E-state index < -0.39 is 21.8 Å². The molecule has 0 spiro atoms. The molecule has 1 aromatic rings. The molecule has 0 bridgehead atoms. The van der Waals surface area contributed by atoms with Crippen LogP contribution >= 0.6 is 0 Å². The maximum atomic E-state index is 12.7. The summed E-state index contributed by atoms with van der Waals surface area (Å²) in [7, 11) is -3.44. The summed E-state index contributed by atoms with van der Waals surface area (Å²) >= 11 is 0. The van der Waals surface area contributed by atoms with Gasteiger partial charge in [-0.1, -0.05) is 19.1 Å². The van der Waals surface area contributed by atoms with Crippen molar-refractivity contribution in [1.82, 2.24) is 0 Å². The van der Waals surface area contributed by atoms with Crippen molar-refractivity contribution < 1.29 is 22.2 Å². The van der Waals surface area contributed by atoms with E-state index in [-0.39, 0.29) is 10.3 Å². The van der Waals surface area contributed by atoms with E-state index in [4.69, 9.17) is 0 Å². The predicted molar refractivity (Wildman–Crippen MR) is 100 cm³/mol. The van der Waals surface area contributed by atoms with Crippen molar-refractivity contribution in [3.05, 3.63) is 41.5 Å². The number of fused-ring (bicyclic) bond motifs is 5. The fraction of sp³-hybridized carbons (Fsp3) is 0.571. The van der Waals surface area contributed by atoms with Crippen LogP contribution in [0.15, 0.2) is 33.5 Å². The number of rotatable bonds is 1. The summed E-state index contributed by atoms with van der Waals surface area (Å²) < 4.78 is 53.2. The molecule has 7 heteroatoms. The average Bonchev–Trinajstić information content (AvgIpc) is 3.01. The lowest BCUT2D eigenvalue weighted by atomic mass is 9.56. The van der Waals surface area contributed by atoms with Gasteiger partial charge in [-0.15, -0.1) is 4.36 Å². The first kappa shape index (κ1) is 19.7. The van der Waals surface area contributed by atoms with Gasteiger partial charge in [-0.25, -0.2) is 4.21 Å². The molecule has 28 heavy (non-hydrogen) atoms. The van der Waals surface area contributed by atoms with E-state index in [1.807, 2.05) is 6.07 Å². The van der Waals surface area contributed by atoms with Crippen molar-refractivity contribution in [3.63, 3.8) is 0 Å². The molecule has 1 fully saturated rings. The van der Waals surface area contributed by atoms with Crippen LogP contribution in [0.4, 0.5) is 13.2 Å². The van der Waals surface area contributed by atoms with Crippen molar-refractivity contribution in [2.45, 2.75) is 56.0 Å². The average molecular weight is 410 g/mol. The van der Waals surface area contributed by atoms with Gasteiger partial charge in [0.2, 0.25) is 0 Å². The first-order valence-corrected chi connectivity index (χ1v) is 11.5. The van der Waals surface area contributed by atoms with Gasteiger partial charge < -0.3 is 0 Å². The Morgan fingerprint density at radius 1 is 1.32 bits per heavy atom. The topological polar surface area (TPSA) is 46.5 Å². The van der Waals surface area contributed by atoms with Crippen molar-refractivity contribution in [1.29, 1.82) is 0 Å². The van der Waals surface area contributed by atoms with E-state index in [9.17, 15) is 22.2 Å². The number of allylic oxidation sites excluding steroid dienone is 2. The Morgan fingerprint density at radius 3 is 2.79 bits per heavy atom. The zero-order valence-corrected chi connectivity index (χ0v) is 16.7. The molecule has 0 saturated heterocycles. The van der Waals surface area contributed by atoms with Gasteiger partial charge in [0.25, 0.3) is 0 Å². The van der Waals surface area contributed by atoms with Gasteiger partial charge >= 0.3 is 12.1 Å². The second kappa shape index (κ2) is 6.44. The number of amides is 1. The molecule has 151 valence electrons. The standard InChI is InChI=1S/C21H23F3NO2S/c1-20-10-3-4-18(20)17-7-5-13-12-14(6-8-15(13)16(17)9-11-20)28(2,27)25-19(26)21(22,23)24/h3,6,8,12,16-18H,4-5,7,9,11H2,1-2H3/t16-,17-,18+,20+,28?/m1/s1. The molecular formula is C21H23F3NO2S. The Labute approximate surface area is 163 Å². The fourth-order valence-corrected chi connectivity index (χ4v) is 6.62. The molecule has 0 aromatic heterocycles. The summed E-state index contributed by atoms with van der Waals surface area (Å²) in [6.45, 7) is 2.29. The van der Waals surface area contributed by atoms with Crippen LogP contribution < -0.4 is 0 Å². The minimum Gasteiger partial charge on any atom is -0.261 e. The van der Waals surface area contributed by atoms with Gasteiger partial charge in [0.15, 0.2) is 0 Å². The van der Waals surface area contributed by atoms with Crippen LogP contribution in [0.25, 0.3) is 0 Å². The zero-order valence-electron chi connectivity index (χ0n) is 15.9. The molecule has 3 aliphatic carbocycles. The van der Waals surface area contributed by atoms with E-state index in [1.165, 1.54) is 5.56 Å². The van der Waals surface area contributed by atoms with E-state index in [0.717, 1.165) is 43.9 Å². The Hall–Kier alpha value is -1.63. The molecule has 1 amide bonds. The van der Waals surface area contributed by atoms with Gasteiger partial charge in [0.1, 0.15) is 0 Å². The highest BCUT2D eigenvalue weighted by Gasteiger charge is 2.48. The largest absolute Gasteiger partial charge is 0.474 e. The van der Waals surface area contributed by atoms with Crippen LogP contribution in [0.3, 0.4) is 0 Å². The van der Waals surface area contributed by atoms with Crippen molar-refractivity contribution in [2.75, 3.05) is 6.26 Å². The minimum atomic E-state index is -5.11. The number of carbonyl (C=O) groups excluding carboxylic acids is 1. The van der Waals surface area contributed by atoms with Gasteiger partial charge in [-0.05, 0) is 84.6 Å². The Morgan fingerprint density at radius 2 is 2.07 bits per heavy atom. The molecule has 3 nitrogen and oxygen atoms in total. The molecule has 3 aliphatic rings. The van der Waals surface area contributed by atoms with E-state index in [1.54, 1.807) is 12.1 Å². The summed E-state index contributed by atoms with van der Waals surface area (Å²) in [4.78, 5) is 11.4. The SMILES string of the molecule is C[C@@]12[C]=CC[C@H]1[C@@H]1CCc3cc(S(C)(=O)=NC(=O)C(F)(F)F)ccc3[C@H]1CC2. The molecular weight excluding hydrogens is 387 g/mol. The lowest BCUT2D eigenvalue weighted by Gasteiger charge is -2.48. The third kappa shape index (κ3) is 3.21. The first-order chi connectivity index (χ1) is 13.0.